The Bertz CT molecular complexity index is 1120. The van der Waals surface area contributed by atoms with Crippen LogP contribution in [-0.4, -0.2) is 91.1 Å². The standard InChI is InChI=1S/C27H32N2O8/c1-15-5-7-17(8-6-15)24(31)28(3)14-29(4)25(32)18-9-11-19(12-10-18)26-36-23-21(30)22(35-27(23)37-26)20-13-33-16(2)34-20/h5-12,16,20-23,26-27,30H,13-14H2,1-4H3. The van der Waals surface area contributed by atoms with Crippen LogP contribution in [0.2, 0.25) is 0 Å². The fourth-order valence-electron chi connectivity index (χ4n) is 4.77. The maximum atomic E-state index is 13.0. The molecule has 3 aliphatic heterocycles. The minimum atomic E-state index is -0.914. The molecule has 0 spiro atoms. The van der Waals surface area contributed by atoms with Gasteiger partial charge in [0.25, 0.3) is 11.8 Å². The summed E-state index contributed by atoms with van der Waals surface area (Å²) >= 11 is 0. The van der Waals surface area contributed by atoms with Crippen molar-refractivity contribution < 1.29 is 38.4 Å². The zero-order chi connectivity index (χ0) is 26.3. The summed E-state index contributed by atoms with van der Waals surface area (Å²) < 4.78 is 28.7. The van der Waals surface area contributed by atoms with Gasteiger partial charge in [0.05, 0.1) is 13.3 Å². The Hall–Kier alpha value is -2.86. The van der Waals surface area contributed by atoms with Crippen LogP contribution in [0, 0.1) is 6.92 Å². The maximum Gasteiger partial charge on any atom is 0.255 e. The van der Waals surface area contributed by atoms with E-state index in [2.05, 4.69) is 0 Å². The average molecular weight is 513 g/mol. The maximum absolute atomic E-state index is 13.0. The number of aryl methyl sites for hydroxylation is 1. The fraction of sp³-hybridized carbons (Fsp3) is 0.481. The van der Waals surface area contributed by atoms with Crippen molar-refractivity contribution in [3.63, 3.8) is 0 Å². The van der Waals surface area contributed by atoms with Gasteiger partial charge < -0.3 is 38.6 Å². The molecular weight excluding hydrogens is 480 g/mol. The van der Waals surface area contributed by atoms with Crippen molar-refractivity contribution >= 4 is 11.8 Å². The van der Waals surface area contributed by atoms with Gasteiger partial charge in [-0.15, -0.1) is 0 Å². The molecule has 5 rings (SSSR count). The number of benzene rings is 2. The number of ether oxygens (including phenoxy) is 5. The first-order valence-corrected chi connectivity index (χ1v) is 12.3. The molecule has 10 heteroatoms. The highest BCUT2D eigenvalue weighted by Gasteiger charge is 2.55. The van der Waals surface area contributed by atoms with Gasteiger partial charge in [0.15, 0.2) is 18.9 Å². The lowest BCUT2D eigenvalue weighted by Crippen LogP contribution is -2.40. The van der Waals surface area contributed by atoms with E-state index in [4.69, 9.17) is 23.7 Å². The van der Waals surface area contributed by atoms with Crippen molar-refractivity contribution in [1.29, 1.82) is 0 Å². The molecule has 7 unspecified atom stereocenters. The molecule has 37 heavy (non-hydrogen) atoms. The second-order valence-corrected chi connectivity index (χ2v) is 9.74. The van der Waals surface area contributed by atoms with Crippen LogP contribution in [0.1, 0.15) is 45.1 Å². The van der Waals surface area contributed by atoms with E-state index in [1.165, 1.54) is 9.80 Å². The lowest BCUT2D eigenvalue weighted by Gasteiger charge is -2.25. The van der Waals surface area contributed by atoms with Crippen molar-refractivity contribution in [2.75, 3.05) is 27.4 Å². The molecule has 0 radical (unpaired) electrons. The molecule has 0 aliphatic carbocycles. The Balaban J connectivity index is 1.15. The summed E-state index contributed by atoms with van der Waals surface area (Å²) in [5.74, 6) is -0.390. The topological polar surface area (TPSA) is 107 Å². The van der Waals surface area contributed by atoms with Gasteiger partial charge >= 0.3 is 0 Å². The van der Waals surface area contributed by atoms with Crippen molar-refractivity contribution in [2.45, 2.75) is 57.1 Å². The van der Waals surface area contributed by atoms with Gasteiger partial charge in [-0.1, -0.05) is 29.8 Å². The highest BCUT2D eigenvalue weighted by atomic mass is 16.8. The molecule has 3 aliphatic rings. The zero-order valence-corrected chi connectivity index (χ0v) is 21.3. The summed E-state index contributed by atoms with van der Waals surface area (Å²) in [6.07, 6.45) is -4.33. The summed E-state index contributed by atoms with van der Waals surface area (Å²) in [5.41, 5.74) is 2.80. The van der Waals surface area contributed by atoms with Gasteiger partial charge in [0, 0.05) is 30.8 Å². The summed E-state index contributed by atoms with van der Waals surface area (Å²) in [5, 5.41) is 10.7. The smallest absolute Gasteiger partial charge is 0.255 e. The van der Waals surface area contributed by atoms with E-state index >= 15 is 0 Å². The molecule has 2 aromatic carbocycles. The Morgan fingerprint density at radius 1 is 0.865 bits per heavy atom. The number of hydrogen-bond donors (Lipinski definition) is 1. The van der Waals surface area contributed by atoms with Gasteiger partial charge in [-0.2, -0.15) is 0 Å². The van der Waals surface area contributed by atoms with E-state index in [1.807, 2.05) is 19.1 Å². The van der Waals surface area contributed by atoms with Crippen molar-refractivity contribution in [1.82, 2.24) is 9.80 Å². The normalized spacial score (nSPS) is 30.8. The van der Waals surface area contributed by atoms with E-state index in [1.54, 1.807) is 57.4 Å². The molecule has 0 aromatic heterocycles. The second-order valence-electron chi connectivity index (χ2n) is 9.74. The minimum Gasteiger partial charge on any atom is -0.387 e. The van der Waals surface area contributed by atoms with Crippen LogP contribution >= 0.6 is 0 Å². The Morgan fingerprint density at radius 2 is 1.46 bits per heavy atom. The highest BCUT2D eigenvalue weighted by molar-refractivity contribution is 5.96. The Labute approximate surface area is 215 Å². The number of aliphatic hydroxyl groups excluding tert-OH is 1. The third-order valence-electron chi connectivity index (χ3n) is 6.85. The van der Waals surface area contributed by atoms with Gasteiger partial charge in [0.1, 0.15) is 24.4 Å². The number of amides is 2. The molecule has 2 amide bonds. The summed E-state index contributed by atoms with van der Waals surface area (Å²) in [6, 6.07) is 14.2. The summed E-state index contributed by atoms with van der Waals surface area (Å²) in [4.78, 5) is 28.6. The number of carbonyl (C=O) groups excluding carboxylic acids is 2. The van der Waals surface area contributed by atoms with Crippen LogP contribution in [0.4, 0.5) is 0 Å². The first kappa shape index (κ1) is 25.8. The van der Waals surface area contributed by atoms with Crippen molar-refractivity contribution in [2.24, 2.45) is 0 Å². The first-order chi connectivity index (χ1) is 17.7. The van der Waals surface area contributed by atoms with E-state index in [0.29, 0.717) is 23.3 Å². The Kier molecular flexibility index (Phi) is 7.30. The molecule has 1 N–H and O–H groups in total. The van der Waals surface area contributed by atoms with Gasteiger partial charge in [0.2, 0.25) is 0 Å². The number of carbonyl (C=O) groups is 2. The fourth-order valence-corrected chi connectivity index (χ4v) is 4.77. The SMILES string of the molecule is Cc1ccc(C(=O)N(C)CN(C)C(=O)c2ccc(C3OC4OC(C5COC(C)O5)C(O)C4O3)cc2)cc1. The van der Waals surface area contributed by atoms with Crippen LogP contribution in [0.3, 0.4) is 0 Å². The molecule has 3 fully saturated rings. The monoisotopic (exact) mass is 512 g/mol. The minimum absolute atomic E-state index is 0.135. The number of hydrogen-bond acceptors (Lipinski definition) is 8. The van der Waals surface area contributed by atoms with E-state index in [-0.39, 0.29) is 30.9 Å². The lowest BCUT2D eigenvalue weighted by atomic mass is 10.1. The number of aliphatic hydroxyl groups is 1. The predicted molar refractivity (Wildman–Crippen MR) is 130 cm³/mol. The zero-order valence-electron chi connectivity index (χ0n) is 21.3. The highest BCUT2D eigenvalue weighted by Crippen LogP contribution is 2.41. The molecule has 0 bridgehead atoms. The molecule has 7 atom stereocenters. The van der Waals surface area contributed by atoms with Gasteiger partial charge in [-0.05, 0) is 38.1 Å². The van der Waals surface area contributed by atoms with Crippen LogP contribution in [0.15, 0.2) is 48.5 Å². The molecule has 198 valence electrons. The first-order valence-electron chi connectivity index (χ1n) is 12.3. The lowest BCUT2D eigenvalue weighted by molar-refractivity contribution is -0.192. The van der Waals surface area contributed by atoms with E-state index in [9.17, 15) is 14.7 Å². The number of rotatable bonds is 6. The van der Waals surface area contributed by atoms with E-state index in [0.717, 1.165) is 5.56 Å². The summed E-state index contributed by atoms with van der Waals surface area (Å²) in [6.45, 7) is 4.23. The van der Waals surface area contributed by atoms with Crippen LogP contribution < -0.4 is 0 Å². The Morgan fingerprint density at radius 3 is 2.00 bits per heavy atom. The van der Waals surface area contributed by atoms with Crippen molar-refractivity contribution in [3.8, 4) is 0 Å². The largest absolute Gasteiger partial charge is 0.387 e. The quantitative estimate of drug-likeness (QED) is 0.587. The predicted octanol–water partition coefficient (Wildman–Crippen LogP) is 2.06. The molecule has 2 aromatic rings. The number of fused-ring (bicyclic) bond motifs is 1. The van der Waals surface area contributed by atoms with E-state index < -0.39 is 30.9 Å². The molecule has 0 saturated carbocycles. The molecule has 3 saturated heterocycles. The van der Waals surface area contributed by atoms with Gasteiger partial charge in [-0.3, -0.25) is 9.59 Å². The third-order valence-corrected chi connectivity index (χ3v) is 6.85. The third kappa shape index (κ3) is 5.26. The van der Waals surface area contributed by atoms with Crippen molar-refractivity contribution in [3.05, 3.63) is 70.8 Å². The molecule has 10 nitrogen and oxygen atoms in total. The average Bonchev–Trinajstić information content (AvgIpc) is 3.59. The van der Waals surface area contributed by atoms with Crippen LogP contribution in [-0.2, 0) is 23.7 Å². The molecule has 3 heterocycles. The second kappa shape index (κ2) is 10.5. The number of nitrogens with zero attached hydrogens (tertiary/aromatic N) is 2. The molecular formula is C27H32N2O8. The summed E-state index contributed by atoms with van der Waals surface area (Å²) in [7, 11) is 3.31. The van der Waals surface area contributed by atoms with Crippen LogP contribution in [0.5, 0.6) is 0 Å². The van der Waals surface area contributed by atoms with Crippen LogP contribution in [0.25, 0.3) is 0 Å². The van der Waals surface area contributed by atoms with Gasteiger partial charge in [-0.25, -0.2) is 0 Å².